The van der Waals surface area contributed by atoms with Crippen LogP contribution in [0, 0.1) is 10.1 Å². The number of halogens is 1. The van der Waals surface area contributed by atoms with Crippen molar-refractivity contribution in [2.75, 3.05) is 0 Å². The van der Waals surface area contributed by atoms with Crippen LogP contribution in [0.25, 0.3) is 0 Å². The number of nitro groups is 1. The molecule has 1 aromatic heterocycles. The van der Waals surface area contributed by atoms with Crippen LogP contribution in [-0.4, -0.2) is 9.91 Å². The second kappa shape index (κ2) is 5.90. The van der Waals surface area contributed by atoms with Crippen LogP contribution < -0.4 is 5.32 Å². The summed E-state index contributed by atoms with van der Waals surface area (Å²) in [6.45, 7) is 1.27. The van der Waals surface area contributed by atoms with Crippen LogP contribution in [0.15, 0.2) is 29.9 Å². The van der Waals surface area contributed by atoms with E-state index in [1.165, 1.54) is 12.1 Å². The minimum absolute atomic E-state index is 0.00575. The zero-order chi connectivity index (χ0) is 13.0. The van der Waals surface area contributed by atoms with E-state index in [2.05, 4.69) is 10.3 Å². The standard InChI is InChI=1S/C11H10ClN3O2S/c12-11-3-9(15(16)17)2-1-8(11)4-13-5-10-6-14-7-18-10/h1-3,6-7,13H,4-5H2. The zero-order valence-corrected chi connectivity index (χ0v) is 10.9. The van der Waals surface area contributed by atoms with Gasteiger partial charge >= 0.3 is 0 Å². The van der Waals surface area contributed by atoms with Crippen molar-refractivity contribution in [3.63, 3.8) is 0 Å². The SMILES string of the molecule is O=[N+]([O-])c1ccc(CNCc2cncs2)c(Cl)c1. The number of rotatable bonds is 5. The topological polar surface area (TPSA) is 68.1 Å². The van der Waals surface area contributed by atoms with Crippen molar-refractivity contribution in [3.05, 3.63) is 55.5 Å². The third kappa shape index (κ3) is 3.25. The molecule has 1 aromatic carbocycles. The molecule has 1 N–H and O–H groups in total. The highest BCUT2D eigenvalue weighted by Crippen LogP contribution is 2.22. The third-order valence-electron chi connectivity index (χ3n) is 2.35. The zero-order valence-electron chi connectivity index (χ0n) is 9.30. The van der Waals surface area contributed by atoms with Crippen LogP contribution in [0.2, 0.25) is 5.02 Å². The molecular formula is C11H10ClN3O2S. The summed E-state index contributed by atoms with van der Waals surface area (Å²) >= 11 is 7.55. The summed E-state index contributed by atoms with van der Waals surface area (Å²) in [5.41, 5.74) is 2.62. The van der Waals surface area contributed by atoms with E-state index in [4.69, 9.17) is 11.6 Å². The molecule has 0 bridgehead atoms. The Kier molecular flexibility index (Phi) is 4.24. The molecule has 1 heterocycles. The highest BCUT2D eigenvalue weighted by atomic mass is 35.5. The smallest absolute Gasteiger partial charge is 0.270 e. The van der Waals surface area contributed by atoms with Gasteiger partial charge < -0.3 is 5.32 Å². The molecule has 0 spiro atoms. The van der Waals surface area contributed by atoms with Crippen molar-refractivity contribution in [2.24, 2.45) is 0 Å². The predicted octanol–water partition coefficient (Wildman–Crippen LogP) is 2.99. The van der Waals surface area contributed by atoms with Gasteiger partial charge in [0, 0.05) is 36.3 Å². The first kappa shape index (κ1) is 12.9. The van der Waals surface area contributed by atoms with Crippen LogP contribution in [-0.2, 0) is 13.1 Å². The second-order valence-corrected chi connectivity index (χ2v) is 4.98. The summed E-state index contributed by atoms with van der Waals surface area (Å²) in [6, 6.07) is 4.49. The Morgan fingerprint density at radius 3 is 2.89 bits per heavy atom. The summed E-state index contributed by atoms with van der Waals surface area (Å²) in [5.74, 6) is 0. The van der Waals surface area contributed by atoms with Gasteiger partial charge in [-0.3, -0.25) is 15.1 Å². The lowest BCUT2D eigenvalue weighted by Crippen LogP contribution is -2.12. The van der Waals surface area contributed by atoms with E-state index in [0.717, 1.165) is 10.4 Å². The van der Waals surface area contributed by atoms with Gasteiger partial charge in [0.25, 0.3) is 5.69 Å². The molecule has 0 aliphatic heterocycles. The van der Waals surface area contributed by atoms with E-state index in [1.54, 1.807) is 29.1 Å². The fraction of sp³-hybridized carbons (Fsp3) is 0.182. The van der Waals surface area contributed by atoms with Crippen LogP contribution in [0.1, 0.15) is 10.4 Å². The number of nitrogens with one attached hydrogen (secondary N) is 1. The van der Waals surface area contributed by atoms with Gasteiger partial charge in [0.2, 0.25) is 0 Å². The highest BCUT2D eigenvalue weighted by molar-refractivity contribution is 7.09. The first-order valence-corrected chi connectivity index (χ1v) is 6.43. The van der Waals surface area contributed by atoms with Crippen molar-refractivity contribution < 1.29 is 4.92 Å². The van der Waals surface area contributed by atoms with Crippen LogP contribution in [0.5, 0.6) is 0 Å². The summed E-state index contributed by atoms with van der Waals surface area (Å²) in [6.07, 6.45) is 1.80. The van der Waals surface area contributed by atoms with Crippen molar-refractivity contribution in [1.29, 1.82) is 0 Å². The van der Waals surface area contributed by atoms with Gasteiger partial charge in [-0.25, -0.2) is 0 Å². The Hall–Kier alpha value is -1.50. The van der Waals surface area contributed by atoms with Gasteiger partial charge in [0.05, 0.1) is 15.5 Å². The lowest BCUT2D eigenvalue weighted by molar-refractivity contribution is -0.384. The molecule has 0 fully saturated rings. The fourth-order valence-corrected chi connectivity index (χ4v) is 2.25. The molecule has 0 saturated heterocycles. The minimum atomic E-state index is -0.458. The Bertz CT molecular complexity index is 545. The third-order valence-corrected chi connectivity index (χ3v) is 3.48. The molecular weight excluding hydrogens is 274 g/mol. The van der Waals surface area contributed by atoms with Crippen LogP contribution in [0.4, 0.5) is 5.69 Å². The molecule has 0 atom stereocenters. The monoisotopic (exact) mass is 283 g/mol. The largest absolute Gasteiger partial charge is 0.308 e. The maximum atomic E-state index is 10.6. The normalized spacial score (nSPS) is 10.5. The Labute approximate surface area is 113 Å². The average molecular weight is 284 g/mol. The molecule has 7 heteroatoms. The number of hydrogen-bond donors (Lipinski definition) is 1. The molecule has 0 unspecified atom stereocenters. The molecule has 2 rings (SSSR count). The maximum Gasteiger partial charge on any atom is 0.270 e. The number of nitro benzene ring substituents is 1. The van der Waals surface area contributed by atoms with E-state index in [-0.39, 0.29) is 5.69 Å². The second-order valence-electron chi connectivity index (χ2n) is 3.60. The molecule has 0 aliphatic rings. The number of thiazole rings is 1. The van der Waals surface area contributed by atoms with Gasteiger partial charge in [-0.1, -0.05) is 11.6 Å². The van der Waals surface area contributed by atoms with Crippen LogP contribution >= 0.6 is 22.9 Å². The molecule has 2 aromatic rings. The number of non-ortho nitro benzene ring substituents is 1. The fourth-order valence-electron chi connectivity index (χ4n) is 1.44. The van der Waals surface area contributed by atoms with E-state index < -0.39 is 4.92 Å². The van der Waals surface area contributed by atoms with Crippen molar-refractivity contribution >= 4 is 28.6 Å². The van der Waals surface area contributed by atoms with Crippen molar-refractivity contribution in [2.45, 2.75) is 13.1 Å². The van der Waals surface area contributed by atoms with Gasteiger partial charge in [-0.2, -0.15) is 0 Å². The number of hydrogen-bond acceptors (Lipinski definition) is 5. The molecule has 94 valence electrons. The molecule has 18 heavy (non-hydrogen) atoms. The van der Waals surface area contributed by atoms with Gasteiger partial charge in [0.15, 0.2) is 0 Å². The average Bonchev–Trinajstić information content (AvgIpc) is 2.84. The number of nitrogens with zero attached hydrogens (tertiary/aromatic N) is 2. The summed E-state index contributed by atoms with van der Waals surface area (Å²) in [7, 11) is 0. The van der Waals surface area contributed by atoms with Crippen LogP contribution in [0.3, 0.4) is 0 Å². The Balaban J connectivity index is 1.95. The summed E-state index contributed by atoms with van der Waals surface area (Å²) < 4.78 is 0. The van der Waals surface area contributed by atoms with Crippen molar-refractivity contribution in [1.82, 2.24) is 10.3 Å². The van der Waals surface area contributed by atoms with E-state index in [0.29, 0.717) is 18.1 Å². The lowest BCUT2D eigenvalue weighted by Gasteiger charge is -2.05. The highest BCUT2D eigenvalue weighted by Gasteiger charge is 2.08. The van der Waals surface area contributed by atoms with Gasteiger partial charge in [-0.15, -0.1) is 11.3 Å². The van der Waals surface area contributed by atoms with Gasteiger partial charge in [0.1, 0.15) is 0 Å². The molecule has 0 amide bonds. The Morgan fingerprint density at radius 2 is 2.28 bits per heavy atom. The number of benzene rings is 1. The van der Waals surface area contributed by atoms with E-state index in [1.807, 2.05) is 0 Å². The first-order valence-electron chi connectivity index (χ1n) is 5.17. The summed E-state index contributed by atoms with van der Waals surface area (Å²) in [4.78, 5) is 15.2. The number of aromatic nitrogens is 1. The van der Waals surface area contributed by atoms with E-state index in [9.17, 15) is 10.1 Å². The van der Waals surface area contributed by atoms with Gasteiger partial charge in [-0.05, 0) is 11.6 Å². The predicted molar refractivity (Wildman–Crippen MR) is 70.8 cm³/mol. The van der Waals surface area contributed by atoms with Crippen molar-refractivity contribution in [3.8, 4) is 0 Å². The lowest BCUT2D eigenvalue weighted by atomic mass is 10.2. The van der Waals surface area contributed by atoms with E-state index >= 15 is 0 Å². The Morgan fingerprint density at radius 1 is 1.44 bits per heavy atom. The first-order chi connectivity index (χ1) is 8.66. The maximum absolute atomic E-state index is 10.6. The molecule has 0 radical (unpaired) electrons. The minimum Gasteiger partial charge on any atom is -0.308 e. The molecule has 5 nitrogen and oxygen atoms in total. The molecule has 0 saturated carbocycles. The summed E-state index contributed by atoms with van der Waals surface area (Å²) in [5, 5.41) is 14.2. The quantitative estimate of drug-likeness (QED) is 0.676. The molecule has 0 aliphatic carbocycles.